The van der Waals surface area contributed by atoms with Crippen LogP contribution in [-0.4, -0.2) is 35.8 Å². The van der Waals surface area contributed by atoms with Crippen molar-refractivity contribution in [1.29, 1.82) is 0 Å². The molecule has 0 aliphatic carbocycles. The Balaban J connectivity index is 1.32. The number of nitrogens with zero attached hydrogens (tertiary/aromatic N) is 1. The van der Waals surface area contributed by atoms with Crippen molar-refractivity contribution in [2.75, 3.05) is 13.2 Å². The zero-order valence-corrected chi connectivity index (χ0v) is 15.7. The number of para-hydroxylation sites is 1. The molecule has 28 heavy (non-hydrogen) atoms. The van der Waals surface area contributed by atoms with Crippen LogP contribution in [0.2, 0.25) is 0 Å². The number of aryl methyl sites for hydroxylation is 1. The average molecular weight is 378 g/mol. The standard InChI is InChI=1S/C22H22N2O4/c1-14-8-9-15-17(13-14)22(27)24(21(15)26)11-4-7-20(25)23-18-10-12-28-19-6-3-2-5-16(18)19/h2-3,5-6,8-9,13,18H,4,7,10-12H2,1H3,(H,23,25)/t18-/m1/s1. The first-order chi connectivity index (χ1) is 13.5. The van der Waals surface area contributed by atoms with E-state index >= 15 is 0 Å². The second-order valence-electron chi connectivity index (χ2n) is 7.21. The molecule has 2 aromatic rings. The lowest BCUT2D eigenvalue weighted by Crippen LogP contribution is -2.34. The fourth-order valence-electron chi connectivity index (χ4n) is 3.76. The van der Waals surface area contributed by atoms with Crippen molar-refractivity contribution in [3.63, 3.8) is 0 Å². The lowest BCUT2D eigenvalue weighted by atomic mass is 10.0. The first-order valence-electron chi connectivity index (χ1n) is 9.52. The summed E-state index contributed by atoms with van der Waals surface area (Å²) < 4.78 is 5.61. The van der Waals surface area contributed by atoms with E-state index in [1.807, 2.05) is 37.3 Å². The predicted octanol–water partition coefficient (Wildman–Crippen LogP) is 3.01. The smallest absolute Gasteiger partial charge is 0.261 e. The Morgan fingerprint density at radius 3 is 2.79 bits per heavy atom. The van der Waals surface area contributed by atoms with Gasteiger partial charge in [0.15, 0.2) is 0 Å². The van der Waals surface area contributed by atoms with Gasteiger partial charge in [-0.2, -0.15) is 0 Å². The van der Waals surface area contributed by atoms with E-state index in [4.69, 9.17) is 4.74 Å². The summed E-state index contributed by atoms with van der Waals surface area (Å²) in [6.07, 6.45) is 1.41. The van der Waals surface area contributed by atoms with Gasteiger partial charge >= 0.3 is 0 Å². The summed E-state index contributed by atoms with van der Waals surface area (Å²) >= 11 is 0. The van der Waals surface area contributed by atoms with Crippen LogP contribution in [0.4, 0.5) is 0 Å². The van der Waals surface area contributed by atoms with Crippen LogP contribution in [0.1, 0.15) is 57.1 Å². The van der Waals surface area contributed by atoms with Crippen molar-refractivity contribution in [3.8, 4) is 5.75 Å². The number of rotatable bonds is 5. The molecule has 6 nitrogen and oxygen atoms in total. The molecule has 144 valence electrons. The molecule has 2 heterocycles. The van der Waals surface area contributed by atoms with Crippen LogP contribution in [0.3, 0.4) is 0 Å². The Bertz CT molecular complexity index is 953. The third-order valence-electron chi connectivity index (χ3n) is 5.21. The van der Waals surface area contributed by atoms with Crippen molar-refractivity contribution >= 4 is 17.7 Å². The van der Waals surface area contributed by atoms with Crippen LogP contribution in [-0.2, 0) is 4.79 Å². The Morgan fingerprint density at radius 1 is 1.14 bits per heavy atom. The minimum Gasteiger partial charge on any atom is -0.493 e. The van der Waals surface area contributed by atoms with E-state index in [1.165, 1.54) is 4.90 Å². The average Bonchev–Trinajstić information content (AvgIpc) is 2.92. The van der Waals surface area contributed by atoms with E-state index in [2.05, 4.69) is 5.32 Å². The maximum Gasteiger partial charge on any atom is 0.261 e. The number of carbonyl (C=O) groups excluding carboxylic acids is 3. The van der Waals surface area contributed by atoms with E-state index in [1.54, 1.807) is 12.1 Å². The van der Waals surface area contributed by atoms with E-state index in [-0.39, 0.29) is 36.7 Å². The molecule has 1 N–H and O–H groups in total. The Morgan fingerprint density at radius 2 is 1.93 bits per heavy atom. The zero-order chi connectivity index (χ0) is 19.7. The van der Waals surface area contributed by atoms with Crippen LogP contribution in [0.25, 0.3) is 0 Å². The molecule has 4 rings (SSSR count). The topological polar surface area (TPSA) is 75.7 Å². The van der Waals surface area contributed by atoms with Gasteiger partial charge in [0.2, 0.25) is 5.91 Å². The van der Waals surface area contributed by atoms with E-state index in [0.717, 1.165) is 23.3 Å². The van der Waals surface area contributed by atoms with Crippen LogP contribution in [0, 0.1) is 6.92 Å². The minimum absolute atomic E-state index is 0.0697. The monoisotopic (exact) mass is 378 g/mol. The van der Waals surface area contributed by atoms with Crippen molar-refractivity contribution in [3.05, 3.63) is 64.7 Å². The third kappa shape index (κ3) is 3.38. The maximum absolute atomic E-state index is 12.5. The summed E-state index contributed by atoms with van der Waals surface area (Å²) in [5, 5.41) is 3.04. The number of ether oxygens (including phenoxy) is 1. The molecular weight excluding hydrogens is 356 g/mol. The summed E-state index contributed by atoms with van der Waals surface area (Å²) in [5.74, 6) is 0.163. The van der Waals surface area contributed by atoms with Gasteiger partial charge in [0.05, 0.1) is 23.8 Å². The molecule has 0 fully saturated rings. The van der Waals surface area contributed by atoms with Crippen LogP contribution < -0.4 is 10.1 Å². The highest BCUT2D eigenvalue weighted by atomic mass is 16.5. The molecule has 0 saturated carbocycles. The third-order valence-corrected chi connectivity index (χ3v) is 5.21. The molecule has 3 amide bonds. The molecule has 1 atom stereocenters. The highest BCUT2D eigenvalue weighted by molar-refractivity contribution is 6.21. The highest BCUT2D eigenvalue weighted by Gasteiger charge is 2.35. The summed E-state index contributed by atoms with van der Waals surface area (Å²) in [7, 11) is 0. The Hall–Kier alpha value is -3.15. The number of imide groups is 1. The normalized spacial score (nSPS) is 17.8. The summed E-state index contributed by atoms with van der Waals surface area (Å²) in [4.78, 5) is 38.5. The maximum atomic E-state index is 12.5. The SMILES string of the molecule is Cc1ccc2c(c1)C(=O)N(CCCC(=O)N[C@@H]1CCOc3ccccc31)C2=O. The van der Waals surface area contributed by atoms with Gasteiger partial charge in [-0.25, -0.2) is 0 Å². The number of benzene rings is 2. The largest absolute Gasteiger partial charge is 0.493 e. The molecule has 0 saturated heterocycles. The second-order valence-corrected chi connectivity index (χ2v) is 7.21. The van der Waals surface area contributed by atoms with E-state index in [9.17, 15) is 14.4 Å². The molecule has 0 spiro atoms. The molecule has 2 aromatic carbocycles. The van der Waals surface area contributed by atoms with Gasteiger partial charge in [-0.15, -0.1) is 0 Å². The van der Waals surface area contributed by atoms with Crippen molar-refractivity contribution in [1.82, 2.24) is 10.2 Å². The minimum atomic E-state index is -0.279. The highest BCUT2D eigenvalue weighted by Crippen LogP contribution is 2.31. The molecular formula is C22H22N2O4. The molecule has 0 bridgehead atoms. The summed E-state index contributed by atoms with van der Waals surface area (Å²) in [5.41, 5.74) is 2.82. The van der Waals surface area contributed by atoms with Gasteiger partial charge in [-0.05, 0) is 31.5 Å². The number of nitrogens with one attached hydrogen (secondary N) is 1. The fraction of sp³-hybridized carbons (Fsp3) is 0.318. The second kappa shape index (κ2) is 7.46. The van der Waals surface area contributed by atoms with Gasteiger partial charge in [-0.3, -0.25) is 19.3 Å². The molecule has 2 aliphatic heterocycles. The van der Waals surface area contributed by atoms with Crippen molar-refractivity contribution < 1.29 is 19.1 Å². The lowest BCUT2D eigenvalue weighted by Gasteiger charge is -2.26. The molecule has 0 radical (unpaired) electrons. The Labute approximate surface area is 163 Å². The number of amides is 3. The van der Waals surface area contributed by atoms with E-state index in [0.29, 0.717) is 24.2 Å². The summed E-state index contributed by atoms with van der Waals surface area (Å²) in [6.45, 7) is 2.69. The van der Waals surface area contributed by atoms with Crippen LogP contribution in [0.15, 0.2) is 42.5 Å². The van der Waals surface area contributed by atoms with Crippen LogP contribution in [0.5, 0.6) is 5.75 Å². The molecule has 2 aliphatic rings. The number of carbonyl (C=O) groups is 3. The van der Waals surface area contributed by atoms with E-state index < -0.39 is 0 Å². The van der Waals surface area contributed by atoms with Gasteiger partial charge < -0.3 is 10.1 Å². The van der Waals surface area contributed by atoms with Gasteiger partial charge in [0.1, 0.15) is 5.75 Å². The molecule has 0 unspecified atom stereocenters. The molecule has 0 aromatic heterocycles. The predicted molar refractivity (Wildman–Crippen MR) is 103 cm³/mol. The van der Waals surface area contributed by atoms with Gasteiger partial charge in [0.25, 0.3) is 11.8 Å². The fourth-order valence-corrected chi connectivity index (χ4v) is 3.76. The zero-order valence-electron chi connectivity index (χ0n) is 15.7. The quantitative estimate of drug-likeness (QED) is 0.812. The van der Waals surface area contributed by atoms with Crippen molar-refractivity contribution in [2.45, 2.75) is 32.2 Å². The first kappa shape index (κ1) is 18.2. The van der Waals surface area contributed by atoms with Gasteiger partial charge in [0, 0.05) is 24.9 Å². The number of fused-ring (bicyclic) bond motifs is 2. The summed E-state index contributed by atoms with van der Waals surface area (Å²) in [6, 6.07) is 12.9. The van der Waals surface area contributed by atoms with Crippen LogP contribution >= 0.6 is 0 Å². The number of hydrogen-bond donors (Lipinski definition) is 1. The lowest BCUT2D eigenvalue weighted by molar-refractivity contribution is -0.122. The molecule has 6 heteroatoms. The Kier molecular flexibility index (Phi) is 4.86. The van der Waals surface area contributed by atoms with Gasteiger partial charge in [-0.1, -0.05) is 29.8 Å². The van der Waals surface area contributed by atoms with Crippen molar-refractivity contribution in [2.24, 2.45) is 0 Å². The first-order valence-corrected chi connectivity index (χ1v) is 9.52. The number of hydrogen-bond acceptors (Lipinski definition) is 4.